The number of amides is 1. The monoisotopic (exact) mass is 358 g/mol. The molecule has 0 atom stereocenters. The smallest absolute Gasteiger partial charge is 0.250 e. The highest BCUT2D eigenvalue weighted by molar-refractivity contribution is 6.30. The van der Waals surface area contributed by atoms with E-state index in [2.05, 4.69) is 0 Å². The zero-order valence-corrected chi connectivity index (χ0v) is 15.2. The van der Waals surface area contributed by atoms with Gasteiger partial charge in [0.25, 0.3) is 5.56 Å². The molecule has 3 rings (SSSR count). The number of hydrogen-bond donors (Lipinski definition) is 0. The minimum absolute atomic E-state index is 0.0255. The highest BCUT2D eigenvalue weighted by Crippen LogP contribution is 2.27. The molecule has 0 bridgehead atoms. The Morgan fingerprint density at radius 2 is 1.96 bits per heavy atom. The van der Waals surface area contributed by atoms with Crippen LogP contribution in [0.25, 0.3) is 0 Å². The maximum atomic E-state index is 12.4. The molecule has 2 aromatic rings. The summed E-state index contributed by atoms with van der Waals surface area (Å²) in [5.74, 6) is 0.563. The van der Waals surface area contributed by atoms with E-state index >= 15 is 0 Å². The number of aromatic nitrogens is 1. The van der Waals surface area contributed by atoms with E-state index in [-0.39, 0.29) is 11.5 Å². The summed E-state index contributed by atoms with van der Waals surface area (Å²) in [7, 11) is 1.76. The predicted molar refractivity (Wildman–Crippen MR) is 100 cm³/mol. The number of benzene rings is 1. The Morgan fingerprint density at radius 1 is 1.20 bits per heavy atom. The summed E-state index contributed by atoms with van der Waals surface area (Å²) in [6, 6.07) is 11.4. The summed E-state index contributed by atoms with van der Waals surface area (Å²) in [5, 5.41) is 0.708. The summed E-state index contributed by atoms with van der Waals surface area (Å²) < 4.78 is 1.58. The number of carbonyl (C=O) groups is 1. The van der Waals surface area contributed by atoms with Crippen LogP contribution in [0.15, 0.2) is 47.4 Å². The Balaban J connectivity index is 1.52. The fraction of sp³-hybridized carbons (Fsp3) is 0.400. The second-order valence-electron chi connectivity index (χ2n) is 6.69. The molecule has 0 aliphatic carbocycles. The van der Waals surface area contributed by atoms with Gasteiger partial charge in [0.05, 0.1) is 0 Å². The molecule has 1 saturated heterocycles. The van der Waals surface area contributed by atoms with Gasteiger partial charge in [-0.05, 0) is 54.5 Å². The standard InChI is InChI=1S/C20H23ClN2O2/c1-22-10-7-17(14-20(22)25)16-8-11-23(12-9-16)19(24)6-5-15-3-2-4-18(21)13-15/h2-4,7,10,13-14,16H,5-6,8-9,11-12H2,1H3. The van der Waals surface area contributed by atoms with E-state index in [9.17, 15) is 9.59 Å². The lowest BCUT2D eigenvalue weighted by atomic mass is 9.90. The van der Waals surface area contributed by atoms with Gasteiger partial charge < -0.3 is 9.47 Å². The van der Waals surface area contributed by atoms with E-state index in [0.717, 1.165) is 37.1 Å². The molecule has 1 aromatic carbocycles. The van der Waals surface area contributed by atoms with Crippen LogP contribution in [-0.2, 0) is 18.3 Å². The fourth-order valence-electron chi connectivity index (χ4n) is 3.38. The molecule has 1 fully saturated rings. The number of carbonyl (C=O) groups excluding carboxylic acids is 1. The normalized spacial score (nSPS) is 15.4. The van der Waals surface area contributed by atoms with Crippen molar-refractivity contribution in [3.8, 4) is 0 Å². The molecule has 132 valence electrons. The summed E-state index contributed by atoms with van der Waals surface area (Å²) >= 11 is 5.98. The Bertz CT molecular complexity index is 807. The molecule has 1 aliphatic heterocycles. The molecule has 2 heterocycles. The number of hydrogen-bond acceptors (Lipinski definition) is 2. The first-order valence-corrected chi connectivity index (χ1v) is 9.09. The van der Waals surface area contributed by atoms with Crippen LogP contribution in [0.5, 0.6) is 0 Å². The largest absolute Gasteiger partial charge is 0.343 e. The van der Waals surface area contributed by atoms with Gasteiger partial charge >= 0.3 is 0 Å². The lowest BCUT2D eigenvalue weighted by Gasteiger charge is -2.32. The van der Waals surface area contributed by atoms with E-state index in [4.69, 9.17) is 11.6 Å². The van der Waals surface area contributed by atoms with Crippen LogP contribution in [-0.4, -0.2) is 28.5 Å². The highest BCUT2D eigenvalue weighted by atomic mass is 35.5. The van der Waals surface area contributed by atoms with Crippen LogP contribution < -0.4 is 5.56 Å². The first kappa shape index (κ1) is 17.7. The van der Waals surface area contributed by atoms with Crippen LogP contribution in [0.4, 0.5) is 0 Å². The van der Waals surface area contributed by atoms with Crippen LogP contribution in [0, 0.1) is 0 Å². The van der Waals surface area contributed by atoms with Crippen molar-refractivity contribution in [2.45, 2.75) is 31.6 Å². The topological polar surface area (TPSA) is 42.3 Å². The molecule has 0 radical (unpaired) electrons. The first-order chi connectivity index (χ1) is 12.0. The van der Waals surface area contributed by atoms with E-state index in [1.165, 1.54) is 0 Å². The number of nitrogens with zero attached hydrogens (tertiary/aromatic N) is 2. The van der Waals surface area contributed by atoms with E-state index < -0.39 is 0 Å². The number of piperidine rings is 1. The first-order valence-electron chi connectivity index (χ1n) is 8.72. The minimum atomic E-state index is 0.0255. The number of aryl methyl sites for hydroxylation is 2. The molecule has 0 unspecified atom stereocenters. The van der Waals surface area contributed by atoms with Crippen molar-refractivity contribution in [2.24, 2.45) is 7.05 Å². The summed E-state index contributed by atoms with van der Waals surface area (Å²) in [6.07, 6.45) is 4.87. The molecule has 1 aromatic heterocycles. The highest BCUT2D eigenvalue weighted by Gasteiger charge is 2.23. The molecule has 0 N–H and O–H groups in total. The van der Waals surface area contributed by atoms with Crippen molar-refractivity contribution in [1.29, 1.82) is 0 Å². The zero-order chi connectivity index (χ0) is 17.8. The van der Waals surface area contributed by atoms with Gasteiger partial charge in [0.15, 0.2) is 0 Å². The van der Waals surface area contributed by atoms with Crippen molar-refractivity contribution in [3.63, 3.8) is 0 Å². The molecular formula is C20H23ClN2O2. The van der Waals surface area contributed by atoms with E-state index in [0.29, 0.717) is 23.8 Å². The maximum Gasteiger partial charge on any atom is 0.250 e. The van der Waals surface area contributed by atoms with Gasteiger partial charge in [-0.15, -0.1) is 0 Å². The van der Waals surface area contributed by atoms with Gasteiger partial charge in [0.2, 0.25) is 5.91 Å². The SMILES string of the molecule is Cn1ccc(C2CCN(C(=O)CCc3cccc(Cl)c3)CC2)cc1=O. The minimum Gasteiger partial charge on any atom is -0.343 e. The van der Waals surface area contributed by atoms with Gasteiger partial charge in [-0.1, -0.05) is 23.7 Å². The average molecular weight is 359 g/mol. The molecule has 0 saturated carbocycles. The van der Waals surface area contributed by atoms with E-state index in [1.54, 1.807) is 17.7 Å². The fourth-order valence-corrected chi connectivity index (χ4v) is 3.59. The van der Waals surface area contributed by atoms with E-state index in [1.807, 2.05) is 41.4 Å². The Hall–Kier alpha value is -2.07. The van der Waals surface area contributed by atoms with Gasteiger partial charge in [-0.2, -0.15) is 0 Å². The van der Waals surface area contributed by atoms with Gasteiger partial charge in [0.1, 0.15) is 0 Å². The maximum absolute atomic E-state index is 12.4. The lowest BCUT2D eigenvalue weighted by Crippen LogP contribution is -2.38. The average Bonchev–Trinajstić information content (AvgIpc) is 2.62. The number of halogens is 1. The molecule has 5 heteroatoms. The molecule has 0 spiro atoms. The van der Waals surface area contributed by atoms with Crippen LogP contribution in [0.3, 0.4) is 0 Å². The predicted octanol–water partition coefficient (Wildman–Crippen LogP) is 3.38. The van der Waals surface area contributed by atoms with Crippen molar-refractivity contribution < 1.29 is 4.79 Å². The Kier molecular flexibility index (Phi) is 5.59. The molecular weight excluding hydrogens is 336 g/mol. The van der Waals surface area contributed by atoms with Crippen LogP contribution >= 0.6 is 11.6 Å². The summed E-state index contributed by atoms with van der Waals surface area (Å²) in [5.41, 5.74) is 2.21. The second-order valence-corrected chi connectivity index (χ2v) is 7.13. The third-order valence-electron chi connectivity index (χ3n) is 4.96. The van der Waals surface area contributed by atoms with Crippen molar-refractivity contribution in [2.75, 3.05) is 13.1 Å². The zero-order valence-electron chi connectivity index (χ0n) is 14.5. The molecule has 25 heavy (non-hydrogen) atoms. The number of likely N-dealkylation sites (tertiary alicyclic amines) is 1. The summed E-state index contributed by atoms with van der Waals surface area (Å²) in [4.78, 5) is 26.2. The Morgan fingerprint density at radius 3 is 2.64 bits per heavy atom. The Labute approximate surface area is 153 Å². The van der Waals surface area contributed by atoms with Gasteiger partial charge in [0, 0.05) is 43.8 Å². The molecule has 1 aliphatic rings. The van der Waals surface area contributed by atoms with Crippen molar-refractivity contribution in [3.05, 3.63) is 69.1 Å². The van der Waals surface area contributed by atoms with Crippen molar-refractivity contribution in [1.82, 2.24) is 9.47 Å². The second kappa shape index (κ2) is 7.87. The lowest BCUT2D eigenvalue weighted by molar-refractivity contribution is -0.132. The third-order valence-corrected chi connectivity index (χ3v) is 5.20. The quantitative estimate of drug-likeness (QED) is 0.840. The molecule has 4 nitrogen and oxygen atoms in total. The molecule has 1 amide bonds. The van der Waals surface area contributed by atoms with Crippen molar-refractivity contribution >= 4 is 17.5 Å². The number of pyridine rings is 1. The van der Waals surface area contributed by atoms with Gasteiger partial charge in [-0.3, -0.25) is 9.59 Å². The van der Waals surface area contributed by atoms with Gasteiger partial charge in [-0.25, -0.2) is 0 Å². The van der Waals surface area contributed by atoms with Crippen LogP contribution in [0.1, 0.15) is 36.3 Å². The number of rotatable bonds is 4. The van der Waals surface area contributed by atoms with Crippen LogP contribution in [0.2, 0.25) is 5.02 Å². The summed E-state index contributed by atoms with van der Waals surface area (Å²) in [6.45, 7) is 1.52. The third kappa shape index (κ3) is 4.51.